The zero-order chi connectivity index (χ0) is 5.11. The Hall–Kier alpha value is 0.640. The van der Waals surface area contributed by atoms with Crippen LogP contribution < -0.4 is 0 Å². The van der Waals surface area contributed by atoms with Crippen molar-refractivity contribution >= 4 is 23.4 Å². The van der Waals surface area contributed by atoms with Crippen LogP contribution in [0.2, 0.25) is 0 Å². The number of thioether (sulfide) groups is 1. The SMILES string of the molecule is Cl[C-]1CCCCS1. The first-order valence-electron chi connectivity index (χ1n) is 2.54. The Morgan fingerprint density at radius 1 is 1.43 bits per heavy atom. The van der Waals surface area contributed by atoms with Gasteiger partial charge < -0.3 is 23.4 Å². The molecule has 0 bridgehead atoms. The molecule has 0 unspecified atom stereocenters. The summed E-state index contributed by atoms with van der Waals surface area (Å²) in [5.74, 6) is 1.23. The van der Waals surface area contributed by atoms with Gasteiger partial charge >= 0.3 is 0 Å². The molecule has 0 aliphatic carbocycles. The van der Waals surface area contributed by atoms with Gasteiger partial charge in [-0.05, 0) is 12.2 Å². The number of hydrogen-bond donors (Lipinski definition) is 0. The fourth-order valence-corrected chi connectivity index (χ4v) is 1.84. The molecular formula is C5H8ClS-. The van der Waals surface area contributed by atoms with Crippen molar-refractivity contribution < 1.29 is 0 Å². The highest BCUT2D eigenvalue weighted by molar-refractivity contribution is 8.03. The first-order chi connectivity index (χ1) is 3.39. The highest BCUT2D eigenvalue weighted by atomic mass is 35.5. The summed E-state index contributed by atoms with van der Waals surface area (Å²) in [4.78, 5) is 0. The predicted molar refractivity (Wildman–Crippen MR) is 35.4 cm³/mol. The summed E-state index contributed by atoms with van der Waals surface area (Å²) in [7, 11) is 0. The lowest BCUT2D eigenvalue weighted by Crippen LogP contribution is -1.93. The van der Waals surface area contributed by atoms with Crippen LogP contribution in [0.3, 0.4) is 0 Å². The summed E-state index contributed by atoms with van der Waals surface area (Å²) in [5.41, 5.74) is 0. The highest BCUT2D eigenvalue weighted by Crippen LogP contribution is 2.34. The zero-order valence-corrected chi connectivity index (χ0v) is 5.69. The van der Waals surface area contributed by atoms with Crippen molar-refractivity contribution in [2.24, 2.45) is 0 Å². The molecule has 0 aromatic carbocycles. The second kappa shape index (κ2) is 2.83. The number of hydrogen-bond acceptors (Lipinski definition) is 1. The molecule has 1 saturated heterocycles. The smallest absolute Gasteiger partial charge is 0.0362 e. The van der Waals surface area contributed by atoms with Gasteiger partial charge in [0.15, 0.2) is 0 Å². The maximum absolute atomic E-state index is 5.70. The van der Waals surface area contributed by atoms with E-state index in [9.17, 15) is 0 Å². The summed E-state index contributed by atoms with van der Waals surface area (Å²) in [5, 5.41) is 0. The Balaban J connectivity index is 2.12. The maximum Gasteiger partial charge on any atom is -0.0362 e. The van der Waals surface area contributed by atoms with E-state index in [1.54, 1.807) is 11.8 Å². The van der Waals surface area contributed by atoms with Crippen molar-refractivity contribution in [2.45, 2.75) is 19.3 Å². The minimum absolute atomic E-state index is 1.10. The molecule has 1 rings (SSSR count). The van der Waals surface area contributed by atoms with Gasteiger partial charge in [-0.2, -0.15) is 11.1 Å². The predicted octanol–water partition coefficient (Wildman–Crippen LogP) is 2.63. The van der Waals surface area contributed by atoms with E-state index in [1.165, 1.54) is 18.6 Å². The molecule has 7 heavy (non-hydrogen) atoms. The van der Waals surface area contributed by atoms with Crippen LogP contribution in [0.5, 0.6) is 0 Å². The molecule has 42 valence electrons. The third-order valence-electron chi connectivity index (χ3n) is 1.03. The molecule has 0 nitrogen and oxygen atoms in total. The summed E-state index contributed by atoms with van der Waals surface area (Å²) in [6.07, 6.45) is 3.78. The molecule has 0 saturated carbocycles. The van der Waals surface area contributed by atoms with Crippen molar-refractivity contribution in [1.82, 2.24) is 0 Å². The molecule has 0 amide bonds. The van der Waals surface area contributed by atoms with E-state index in [1.807, 2.05) is 0 Å². The van der Waals surface area contributed by atoms with Gasteiger partial charge in [-0.1, -0.05) is 6.42 Å². The van der Waals surface area contributed by atoms with Crippen LogP contribution in [0.1, 0.15) is 19.3 Å². The van der Waals surface area contributed by atoms with E-state index in [0.717, 1.165) is 11.1 Å². The van der Waals surface area contributed by atoms with Crippen LogP contribution >= 0.6 is 23.4 Å². The fraction of sp³-hybridized carbons (Fsp3) is 0.800. The van der Waals surface area contributed by atoms with Crippen LogP contribution in [0.25, 0.3) is 0 Å². The summed E-state index contributed by atoms with van der Waals surface area (Å²) in [6.45, 7) is 0. The minimum atomic E-state index is 1.10. The molecule has 0 aromatic heterocycles. The van der Waals surface area contributed by atoms with Crippen LogP contribution in [0, 0.1) is 4.71 Å². The quantitative estimate of drug-likeness (QED) is 0.461. The van der Waals surface area contributed by atoms with Gasteiger partial charge in [0.1, 0.15) is 0 Å². The lowest BCUT2D eigenvalue weighted by Gasteiger charge is -2.27. The average molecular weight is 136 g/mol. The first kappa shape index (κ1) is 5.77. The molecule has 0 radical (unpaired) electrons. The maximum atomic E-state index is 5.70. The second-order valence-corrected chi connectivity index (χ2v) is 3.53. The summed E-state index contributed by atoms with van der Waals surface area (Å²) >= 11 is 7.50. The van der Waals surface area contributed by atoms with Crippen molar-refractivity contribution in [3.05, 3.63) is 4.71 Å². The monoisotopic (exact) mass is 135 g/mol. The standard InChI is InChI=1S/C5H8ClS/c6-5-3-1-2-4-7-5/h1-4H2/q-1. The molecular weight excluding hydrogens is 128 g/mol. The van der Waals surface area contributed by atoms with Crippen LogP contribution in [-0.2, 0) is 0 Å². The highest BCUT2D eigenvalue weighted by Gasteiger charge is 1.95. The Morgan fingerprint density at radius 3 is 2.57 bits per heavy atom. The lowest BCUT2D eigenvalue weighted by atomic mass is 10.3. The molecule has 0 aromatic rings. The Bertz CT molecular complexity index is 50.0. The minimum Gasteiger partial charge on any atom is -0.334 e. The van der Waals surface area contributed by atoms with Crippen molar-refractivity contribution in [1.29, 1.82) is 0 Å². The molecule has 0 atom stereocenters. The fourth-order valence-electron chi connectivity index (χ4n) is 0.621. The topological polar surface area (TPSA) is 0 Å². The summed E-state index contributed by atoms with van der Waals surface area (Å²) in [6, 6.07) is 0. The second-order valence-electron chi connectivity index (χ2n) is 1.66. The zero-order valence-electron chi connectivity index (χ0n) is 4.11. The third kappa shape index (κ3) is 1.92. The Kier molecular flexibility index (Phi) is 2.33. The third-order valence-corrected chi connectivity index (χ3v) is 2.55. The van der Waals surface area contributed by atoms with Crippen LogP contribution in [-0.4, -0.2) is 5.75 Å². The van der Waals surface area contributed by atoms with E-state index in [-0.39, 0.29) is 0 Å². The first-order valence-corrected chi connectivity index (χ1v) is 3.90. The van der Waals surface area contributed by atoms with Crippen molar-refractivity contribution in [3.8, 4) is 0 Å². The van der Waals surface area contributed by atoms with Gasteiger partial charge in [0.2, 0.25) is 0 Å². The number of rotatable bonds is 0. The normalized spacial score (nSPS) is 25.3. The molecule has 1 aliphatic rings. The lowest BCUT2D eigenvalue weighted by molar-refractivity contribution is 0.786. The molecule has 2 heteroatoms. The largest absolute Gasteiger partial charge is 0.334 e. The number of halogens is 1. The van der Waals surface area contributed by atoms with Gasteiger partial charge in [-0.3, -0.25) is 0 Å². The van der Waals surface area contributed by atoms with Gasteiger partial charge in [0.05, 0.1) is 0 Å². The Morgan fingerprint density at radius 2 is 2.29 bits per heavy atom. The van der Waals surface area contributed by atoms with Gasteiger partial charge in [-0.25, -0.2) is 0 Å². The van der Waals surface area contributed by atoms with E-state index >= 15 is 0 Å². The van der Waals surface area contributed by atoms with Gasteiger partial charge in [0.25, 0.3) is 0 Å². The molecule has 1 heterocycles. The molecule has 0 N–H and O–H groups in total. The average Bonchev–Trinajstić information content (AvgIpc) is 1.69. The van der Waals surface area contributed by atoms with Crippen molar-refractivity contribution in [3.63, 3.8) is 0 Å². The van der Waals surface area contributed by atoms with Gasteiger partial charge in [-0.15, -0.1) is 0 Å². The Labute approximate surface area is 53.6 Å². The van der Waals surface area contributed by atoms with E-state index < -0.39 is 0 Å². The van der Waals surface area contributed by atoms with E-state index in [0.29, 0.717) is 0 Å². The van der Waals surface area contributed by atoms with Crippen molar-refractivity contribution in [2.75, 3.05) is 5.75 Å². The van der Waals surface area contributed by atoms with Crippen LogP contribution in [0.4, 0.5) is 0 Å². The van der Waals surface area contributed by atoms with E-state index in [4.69, 9.17) is 11.6 Å². The van der Waals surface area contributed by atoms with Gasteiger partial charge in [0, 0.05) is 0 Å². The summed E-state index contributed by atoms with van der Waals surface area (Å²) < 4.78 is 1.10. The molecule has 1 aliphatic heterocycles. The van der Waals surface area contributed by atoms with E-state index in [2.05, 4.69) is 0 Å². The van der Waals surface area contributed by atoms with Crippen LogP contribution in [0.15, 0.2) is 0 Å². The molecule has 1 fully saturated rings. The molecule has 0 spiro atoms.